The zero-order valence-corrected chi connectivity index (χ0v) is 52.3. The number of allylic oxidation sites excluding steroid dienone is 16. The highest BCUT2D eigenvalue weighted by atomic mass is 16.7. The van der Waals surface area contributed by atoms with Crippen LogP contribution in [0, 0.1) is 0 Å². The number of hydrogen-bond donors (Lipinski definition) is 6. The van der Waals surface area contributed by atoms with Gasteiger partial charge in [0.2, 0.25) is 5.91 Å². The summed E-state index contributed by atoms with van der Waals surface area (Å²) in [6.45, 7) is 3.75. The molecule has 0 radical (unpaired) electrons. The van der Waals surface area contributed by atoms with Gasteiger partial charge in [-0.1, -0.05) is 310 Å². The van der Waals surface area contributed by atoms with Gasteiger partial charge in [0.15, 0.2) is 6.29 Å². The van der Waals surface area contributed by atoms with Crippen molar-refractivity contribution in [1.29, 1.82) is 0 Å². The van der Waals surface area contributed by atoms with Crippen LogP contribution < -0.4 is 5.32 Å². The van der Waals surface area contributed by atoms with Gasteiger partial charge in [0.05, 0.1) is 25.4 Å². The highest BCUT2D eigenvalue weighted by Gasteiger charge is 2.44. The van der Waals surface area contributed by atoms with E-state index in [-0.39, 0.29) is 12.5 Å². The predicted octanol–water partition coefficient (Wildman–Crippen LogP) is 18.3. The summed E-state index contributed by atoms with van der Waals surface area (Å²) < 4.78 is 11.4. The monoisotopic (exact) mass is 1130 g/mol. The Morgan fingerprint density at radius 1 is 0.432 bits per heavy atom. The second-order valence-electron chi connectivity index (χ2n) is 23.2. The van der Waals surface area contributed by atoms with Gasteiger partial charge >= 0.3 is 0 Å². The smallest absolute Gasteiger partial charge is 0.220 e. The molecule has 6 N–H and O–H groups in total. The van der Waals surface area contributed by atoms with E-state index >= 15 is 0 Å². The number of unbranched alkanes of at least 4 members (excludes halogenated alkanes) is 32. The van der Waals surface area contributed by atoms with Crippen LogP contribution in [0.2, 0.25) is 0 Å². The zero-order valence-electron chi connectivity index (χ0n) is 52.3. The Kier molecular flexibility index (Phi) is 56.6. The van der Waals surface area contributed by atoms with Gasteiger partial charge in [-0.15, -0.1) is 0 Å². The van der Waals surface area contributed by atoms with E-state index in [1.807, 2.05) is 0 Å². The number of carbonyl (C=O) groups is 1. The van der Waals surface area contributed by atoms with Crippen molar-refractivity contribution in [3.8, 4) is 0 Å². The lowest BCUT2D eigenvalue weighted by Crippen LogP contribution is -2.60. The maximum atomic E-state index is 13.1. The molecular weight excluding hydrogens is 1010 g/mol. The number of nitrogens with one attached hydrogen (secondary N) is 1. The van der Waals surface area contributed by atoms with E-state index in [4.69, 9.17) is 9.47 Å². The Morgan fingerprint density at radius 3 is 1.14 bits per heavy atom. The van der Waals surface area contributed by atoms with E-state index in [1.165, 1.54) is 180 Å². The summed E-state index contributed by atoms with van der Waals surface area (Å²) in [6.07, 6.45) is 80.2. The fraction of sp³-hybridized carbons (Fsp3) is 0.764. The van der Waals surface area contributed by atoms with Gasteiger partial charge in [-0.3, -0.25) is 4.79 Å². The van der Waals surface area contributed by atoms with Gasteiger partial charge in [-0.05, 0) is 77.0 Å². The van der Waals surface area contributed by atoms with Crippen molar-refractivity contribution < 1.29 is 39.8 Å². The molecule has 0 aromatic heterocycles. The fourth-order valence-corrected chi connectivity index (χ4v) is 10.4. The van der Waals surface area contributed by atoms with Gasteiger partial charge in [0, 0.05) is 6.42 Å². The van der Waals surface area contributed by atoms with E-state index in [1.54, 1.807) is 0 Å². The molecule has 1 aliphatic heterocycles. The van der Waals surface area contributed by atoms with Crippen molar-refractivity contribution >= 4 is 5.91 Å². The molecule has 7 atom stereocenters. The third-order valence-electron chi connectivity index (χ3n) is 15.7. The SMILES string of the molecule is CC/C=C\C/C=C\C/C=C\C/C=C\C/C=C\C/C=C\C/C=C\C/C=C\CCCCCCCCCCCCCCC(=O)NC(COC1OC(CO)C(O)C(O)C1O)C(O)CCCCCCCCCCCCCCCCCCCCCCC. The van der Waals surface area contributed by atoms with Crippen molar-refractivity contribution in [1.82, 2.24) is 5.32 Å². The molecule has 468 valence electrons. The molecule has 0 spiro atoms. The first-order valence-electron chi connectivity index (χ1n) is 33.9. The Bertz CT molecular complexity index is 1600. The molecule has 1 rings (SSSR count). The van der Waals surface area contributed by atoms with Gasteiger partial charge in [0.25, 0.3) is 0 Å². The number of aliphatic hydroxyl groups is 5. The molecular formula is C72H127NO8. The summed E-state index contributed by atoms with van der Waals surface area (Å²) >= 11 is 0. The van der Waals surface area contributed by atoms with Crippen LogP contribution in [0.25, 0.3) is 0 Å². The van der Waals surface area contributed by atoms with Gasteiger partial charge < -0.3 is 40.3 Å². The second kappa shape index (κ2) is 60.2. The first-order chi connectivity index (χ1) is 39.8. The van der Waals surface area contributed by atoms with Crippen molar-refractivity contribution in [2.24, 2.45) is 0 Å². The molecule has 0 aromatic rings. The molecule has 0 bridgehead atoms. The van der Waals surface area contributed by atoms with Crippen LogP contribution in [0.4, 0.5) is 0 Å². The highest BCUT2D eigenvalue weighted by Crippen LogP contribution is 2.23. The standard InChI is InChI=1S/C72H127NO8/c1-3-5-7-9-11-13-15-17-19-21-23-25-26-27-28-29-30-31-32-33-34-35-36-37-38-39-40-42-44-46-48-50-52-54-56-58-60-62-68(76)73-65(64-80-72-71(79)70(78)69(77)67(63-74)81-72)66(75)61-59-57-55-53-51-49-47-45-43-41-24-22-20-18-16-14-12-10-8-6-4-2/h5,7,11,13,17,19,23,25,27-28,30-31,33-34,36-37,65-67,69-72,74-75,77-79H,3-4,6,8-10,12,14-16,18,20-22,24,26,29,32,35,38-64H2,1-2H3,(H,73,76)/b7-5-,13-11-,19-17-,25-23-,28-27-,31-30-,34-33-,37-36-. The molecule has 0 aromatic carbocycles. The summed E-state index contributed by atoms with van der Waals surface area (Å²) in [4.78, 5) is 13.1. The number of hydrogen-bond acceptors (Lipinski definition) is 8. The van der Waals surface area contributed by atoms with Crippen LogP contribution in [-0.2, 0) is 14.3 Å². The third kappa shape index (κ3) is 49.1. The van der Waals surface area contributed by atoms with Gasteiger partial charge in [-0.2, -0.15) is 0 Å². The average Bonchev–Trinajstić information content (AvgIpc) is 3.49. The lowest BCUT2D eigenvalue weighted by molar-refractivity contribution is -0.302. The Morgan fingerprint density at radius 2 is 0.765 bits per heavy atom. The van der Waals surface area contributed by atoms with Crippen LogP contribution >= 0.6 is 0 Å². The van der Waals surface area contributed by atoms with E-state index in [9.17, 15) is 30.3 Å². The van der Waals surface area contributed by atoms with Crippen molar-refractivity contribution in [3.63, 3.8) is 0 Å². The Labute approximate surface area is 498 Å². The Balaban J connectivity index is 2.13. The third-order valence-corrected chi connectivity index (χ3v) is 15.7. The summed E-state index contributed by atoms with van der Waals surface area (Å²) in [7, 11) is 0. The molecule has 1 aliphatic rings. The molecule has 1 saturated heterocycles. The topological polar surface area (TPSA) is 149 Å². The van der Waals surface area contributed by atoms with Crippen molar-refractivity contribution in [2.45, 2.75) is 339 Å². The lowest BCUT2D eigenvalue weighted by atomic mass is 9.99. The van der Waals surface area contributed by atoms with E-state index in [0.717, 1.165) is 89.9 Å². The molecule has 9 nitrogen and oxygen atoms in total. The summed E-state index contributed by atoms with van der Waals surface area (Å²) in [6, 6.07) is -0.726. The quantitative estimate of drug-likeness (QED) is 0.0261. The van der Waals surface area contributed by atoms with Crippen LogP contribution in [0.15, 0.2) is 97.2 Å². The number of carbonyl (C=O) groups excluding carboxylic acids is 1. The lowest BCUT2D eigenvalue weighted by Gasteiger charge is -2.40. The minimum absolute atomic E-state index is 0.141. The molecule has 9 heteroatoms. The summed E-state index contributed by atoms with van der Waals surface area (Å²) in [5.41, 5.74) is 0. The highest BCUT2D eigenvalue weighted by molar-refractivity contribution is 5.76. The number of amides is 1. The van der Waals surface area contributed by atoms with Crippen LogP contribution in [0.3, 0.4) is 0 Å². The molecule has 1 fully saturated rings. The molecule has 0 saturated carbocycles. The molecule has 1 amide bonds. The summed E-state index contributed by atoms with van der Waals surface area (Å²) in [5.74, 6) is -0.146. The largest absolute Gasteiger partial charge is 0.394 e. The molecule has 0 aliphatic carbocycles. The molecule has 81 heavy (non-hydrogen) atoms. The van der Waals surface area contributed by atoms with Gasteiger partial charge in [-0.25, -0.2) is 0 Å². The minimum atomic E-state index is -1.56. The van der Waals surface area contributed by atoms with E-state index in [2.05, 4.69) is 116 Å². The maximum Gasteiger partial charge on any atom is 0.220 e. The number of ether oxygens (including phenoxy) is 2. The van der Waals surface area contributed by atoms with Crippen molar-refractivity contribution in [2.75, 3.05) is 13.2 Å². The van der Waals surface area contributed by atoms with Crippen LogP contribution in [0.1, 0.15) is 296 Å². The maximum absolute atomic E-state index is 13.1. The first kappa shape index (κ1) is 76.1. The van der Waals surface area contributed by atoms with E-state index in [0.29, 0.717) is 12.8 Å². The van der Waals surface area contributed by atoms with Gasteiger partial charge in [0.1, 0.15) is 24.4 Å². The number of aliphatic hydroxyl groups excluding tert-OH is 5. The van der Waals surface area contributed by atoms with Crippen LogP contribution in [-0.4, -0.2) is 87.5 Å². The normalized spacial score (nSPS) is 19.0. The Hall–Kier alpha value is -2.89. The fourth-order valence-electron chi connectivity index (χ4n) is 10.4. The second-order valence-corrected chi connectivity index (χ2v) is 23.2. The summed E-state index contributed by atoms with van der Waals surface area (Å²) in [5, 5.41) is 54.9. The average molecular weight is 1130 g/mol. The first-order valence-corrected chi connectivity index (χ1v) is 33.9. The molecule has 7 unspecified atom stereocenters. The molecule has 1 heterocycles. The minimum Gasteiger partial charge on any atom is -0.394 e. The van der Waals surface area contributed by atoms with Crippen molar-refractivity contribution in [3.05, 3.63) is 97.2 Å². The predicted molar refractivity (Wildman–Crippen MR) is 345 cm³/mol. The van der Waals surface area contributed by atoms with E-state index < -0.39 is 49.5 Å². The number of rotatable bonds is 58. The zero-order chi connectivity index (χ0) is 58.6. The van der Waals surface area contributed by atoms with Crippen LogP contribution in [0.5, 0.6) is 0 Å².